The summed E-state index contributed by atoms with van der Waals surface area (Å²) in [6.07, 6.45) is 7.09. The lowest BCUT2D eigenvalue weighted by molar-refractivity contribution is 1.22. The van der Waals surface area contributed by atoms with Gasteiger partial charge in [0.25, 0.3) is 0 Å². The van der Waals surface area contributed by atoms with Gasteiger partial charge in [-0.1, -0.05) is 12.1 Å². The first-order valence-corrected chi connectivity index (χ1v) is 6.65. The maximum atomic E-state index is 4.42. The molecule has 0 bridgehead atoms. The van der Waals surface area contributed by atoms with Gasteiger partial charge in [0.2, 0.25) is 0 Å². The Morgan fingerprint density at radius 2 is 1.67 bits per heavy atom. The van der Waals surface area contributed by atoms with E-state index in [1.807, 2.05) is 55.6 Å². The summed E-state index contributed by atoms with van der Waals surface area (Å²) in [6.45, 7) is 2.02. The molecule has 0 aromatic carbocycles. The van der Waals surface area contributed by atoms with Crippen molar-refractivity contribution in [3.63, 3.8) is 0 Å². The molecule has 3 heterocycles. The molecule has 21 heavy (non-hydrogen) atoms. The Labute approximate surface area is 123 Å². The van der Waals surface area contributed by atoms with E-state index in [2.05, 4.69) is 19.9 Å². The molecule has 0 unspecified atom stereocenters. The Hall–Kier alpha value is -2.88. The normalized spacial score (nSPS) is 10.9. The van der Waals surface area contributed by atoms with Crippen LogP contribution in [-0.4, -0.2) is 21.2 Å². The average Bonchev–Trinajstić information content (AvgIpc) is 2.55. The molecule has 0 radical (unpaired) electrons. The van der Waals surface area contributed by atoms with Crippen LogP contribution in [0.1, 0.15) is 11.1 Å². The molecule has 3 rings (SSSR count). The predicted molar refractivity (Wildman–Crippen MR) is 83.7 cm³/mol. The standard InChI is InChI=1S/C17H14N4/c1-13-5-7-15(19-10-13)16-8-6-14(11-20-16)12-21-17-4-2-3-9-18-17/h2-12H,1H3. The predicted octanol–water partition coefficient (Wildman–Crippen LogP) is 3.60. The zero-order valence-electron chi connectivity index (χ0n) is 11.6. The summed E-state index contributed by atoms with van der Waals surface area (Å²) in [5.74, 6) is 0.682. The van der Waals surface area contributed by atoms with E-state index >= 15 is 0 Å². The van der Waals surface area contributed by atoms with Crippen molar-refractivity contribution < 1.29 is 0 Å². The zero-order valence-corrected chi connectivity index (χ0v) is 11.6. The maximum Gasteiger partial charge on any atom is 0.151 e. The van der Waals surface area contributed by atoms with Crippen LogP contribution in [-0.2, 0) is 0 Å². The van der Waals surface area contributed by atoms with Crippen LogP contribution in [0, 0.1) is 6.92 Å². The van der Waals surface area contributed by atoms with Crippen LogP contribution in [0.15, 0.2) is 66.0 Å². The fraction of sp³-hybridized carbons (Fsp3) is 0.0588. The lowest BCUT2D eigenvalue weighted by atomic mass is 10.2. The van der Waals surface area contributed by atoms with Crippen LogP contribution in [0.5, 0.6) is 0 Å². The molecule has 0 N–H and O–H groups in total. The molecule has 0 atom stereocenters. The molecule has 3 aromatic heterocycles. The van der Waals surface area contributed by atoms with Gasteiger partial charge in [-0.25, -0.2) is 9.98 Å². The largest absolute Gasteiger partial charge is 0.254 e. The van der Waals surface area contributed by atoms with Gasteiger partial charge in [0.1, 0.15) is 0 Å². The lowest BCUT2D eigenvalue weighted by Crippen LogP contribution is -1.89. The SMILES string of the molecule is Cc1ccc(-c2ccc(C=Nc3ccccn3)cn2)nc1. The van der Waals surface area contributed by atoms with Crippen LogP contribution < -0.4 is 0 Å². The number of nitrogens with zero attached hydrogens (tertiary/aromatic N) is 4. The molecule has 0 spiro atoms. The van der Waals surface area contributed by atoms with Crippen molar-refractivity contribution in [2.75, 3.05) is 0 Å². The lowest BCUT2D eigenvalue weighted by Gasteiger charge is -2.00. The molecule has 0 aliphatic rings. The molecule has 4 heteroatoms. The van der Waals surface area contributed by atoms with Crippen LogP contribution in [0.4, 0.5) is 5.82 Å². The van der Waals surface area contributed by atoms with Crippen LogP contribution in [0.25, 0.3) is 11.4 Å². The molecule has 3 aromatic rings. The maximum absolute atomic E-state index is 4.42. The van der Waals surface area contributed by atoms with E-state index in [0.29, 0.717) is 5.82 Å². The zero-order chi connectivity index (χ0) is 14.5. The molecule has 0 aliphatic heterocycles. The average molecular weight is 274 g/mol. The Kier molecular flexibility index (Phi) is 3.78. The van der Waals surface area contributed by atoms with E-state index in [0.717, 1.165) is 22.5 Å². The molecule has 102 valence electrons. The summed E-state index contributed by atoms with van der Waals surface area (Å²) in [6, 6.07) is 13.5. The summed E-state index contributed by atoms with van der Waals surface area (Å²) in [7, 11) is 0. The first-order chi connectivity index (χ1) is 10.3. The number of hydrogen-bond acceptors (Lipinski definition) is 4. The van der Waals surface area contributed by atoms with Crippen molar-refractivity contribution in [2.24, 2.45) is 4.99 Å². The smallest absolute Gasteiger partial charge is 0.151 e. The quantitative estimate of drug-likeness (QED) is 0.686. The van der Waals surface area contributed by atoms with Crippen LogP contribution in [0.3, 0.4) is 0 Å². The highest BCUT2D eigenvalue weighted by Crippen LogP contribution is 2.14. The number of aliphatic imine (C=N–C) groups is 1. The number of aryl methyl sites for hydroxylation is 1. The van der Waals surface area contributed by atoms with Gasteiger partial charge in [0.05, 0.1) is 11.4 Å². The monoisotopic (exact) mass is 274 g/mol. The topological polar surface area (TPSA) is 51.0 Å². The Morgan fingerprint density at radius 1 is 0.857 bits per heavy atom. The first-order valence-electron chi connectivity index (χ1n) is 6.65. The minimum atomic E-state index is 0.682. The Bertz CT molecular complexity index is 732. The van der Waals surface area contributed by atoms with Crippen molar-refractivity contribution in [1.82, 2.24) is 15.0 Å². The van der Waals surface area contributed by atoms with E-state index in [1.165, 1.54) is 0 Å². The number of rotatable bonds is 3. The van der Waals surface area contributed by atoms with Gasteiger partial charge in [0, 0.05) is 30.4 Å². The van der Waals surface area contributed by atoms with Gasteiger partial charge < -0.3 is 0 Å². The second kappa shape index (κ2) is 6.05. The third-order valence-electron chi connectivity index (χ3n) is 2.96. The highest BCUT2D eigenvalue weighted by molar-refractivity contribution is 5.81. The number of hydrogen-bond donors (Lipinski definition) is 0. The highest BCUT2D eigenvalue weighted by Gasteiger charge is 2.00. The van der Waals surface area contributed by atoms with Crippen molar-refractivity contribution in [3.8, 4) is 11.4 Å². The fourth-order valence-electron chi connectivity index (χ4n) is 1.82. The van der Waals surface area contributed by atoms with Crippen molar-refractivity contribution in [2.45, 2.75) is 6.92 Å². The summed E-state index contributed by atoms with van der Waals surface area (Å²) in [5.41, 5.74) is 3.79. The van der Waals surface area contributed by atoms with E-state index in [9.17, 15) is 0 Å². The molecule has 0 amide bonds. The summed E-state index contributed by atoms with van der Waals surface area (Å²) < 4.78 is 0. The van der Waals surface area contributed by atoms with Crippen molar-refractivity contribution in [3.05, 3.63) is 72.2 Å². The fourth-order valence-corrected chi connectivity index (χ4v) is 1.82. The second-order valence-electron chi connectivity index (χ2n) is 4.64. The van der Waals surface area contributed by atoms with Gasteiger partial charge >= 0.3 is 0 Å². The van der Waals surface area contributed by atoms with Gasteiger partial charge in [-0.2, -0.15) is 0 Å². The van der Waals surface area contributed by atoms with Gasteiger partial charge in [0.15, 0.2) is 5.82 Å². The molecule has 0 fully saturated rings. The van der Waals surface area contributed by atoms with Crippen molar-refractivity contribution in [1.29, 1.82) is 0 Å². The number of aromatic nitrogens is 3. The van der Waals surface area contributed by atoms with E-state index in [-0.39, 0.29) is 0 Å². The molecule has 4 nitrogen and oxygen atoms in total. The summed E-state index contributed by atoms with van der Waals surface area (Å²) in [4.78, 5) is 17.2. The van der Waals surface area contributed by atoms with Crippen molar-refractivity contribution >= 4 is 12.0 Å². The van der Waals surface area contributed by atoms with E-state index in [1.54, 1.807) is 18.6 Å². The third kappa shape index (κ3) is 3.36. The summed E-state index contributed by atoms with van der Waals surface area (Å²) in [5, 5.41) is 0. The second-order valence-corrected chi connectivity index (χ2v) is 4.64. The molecule has 0 saturated carbocycles. The molecule has 0 saturated heterocycles. The van der Waals surface area contributed by atoms with Crippen LogP contribution >= 0.6 is 0 Å². The van der Waals surface area contributed by atoms with Gasteiger partial charge in [-0.3, -0.25) is 9.97 Å². The Morgan fingerprint density at radius 3 is 2.29 bits per heavy atom. The van der Waals surface area contributed by atoms with Gasteiger partial charge in [-0.05, 0) is 42.8 Å². The molecular weight excluding hydrogens is 260 g/mol. The minimum absolute atomic E-state index is 0.682. The molecular formula is C17H14N4. The summed E-state index contributed by atoms with van der Waals surface area (Å²) >= 11 is 0. The first kappa shape index (κ1) is 13.1. The van der Waals surface area contributed by atoms with Crippen LogP contribution in [0.2, 0.25) is 0 Å². The minimum Gasteiger partial charge on any atom is -0.254 e. The third-order valence-corrected chi connectivity index (χ3v) is 2.96. The van der Waals surface area contributed by atoms with E-state index in [4.69, 9.17) is 0 Å². The highest BCUT2D eigenvalue weighted by atomic mass is 14.9. The van der Waals surface area contributed by atoms with Gasteiger partial charge in [-0.15, -0.1) is 0 Å². The molecule has 0 aliphatic carbocycles. The Balaban J connectivity index is 1.78. The van der Waals surface area contributed by atoms with E-state index < -0.39 is 0 Å². The number of pyridine rings is 3.